The van der Waals surface area contributed by atoms with E-state index in [0.29, 0.717) is 12.3 Å². The van der Waals surface area contributed by atoms with Gasteiger partial charge in [0.1, 0.15) is 5.65 Å². The molecule has 0 aromatic carbocycles. The number of pyridine rings is 1. The Bertz CT molecular complexity index is 705. The number of aromatic nitrogens is 2. The molecule has 0 aliphatic heterocycles. The average molecular weight is 305 g/mol. The summed E-state index contributed by atoms with van der Waals surface area (Å²) in [7, 11) is 1.61. The van der Waals surface area contributed by atoms with Crippen LogP contribution in [-0.4, -0.2) is 34.5 Å². The minimum Gasteiger partial charge on any atom is -0.382 e. The Morgan fingerprint density at radius 2 is 2.18 bits per heavy atom. The molecular formula is C16H20FN3O2. The van der Waals surface area contributed by atoms with Gasteiger partial charge in [-0.2, -0.15) is 4.39 Å². The molecule has 1 N–H and O–H groups in total. The monoisotopic (exact) mass is 305 g/mol. The SMILES string of the molecule is COCC1(NC(=O)c2nc3ccc(C)cn3c2F)CCCC1. The van der Waals surface area contributed by atoms with E-state index in [1.165, 1.54) is 4.40 Å². The molecule has 3 rings (SSSR count). The largest absolute Gasteiger partial charge is 0.382 e. The average Bonchev–Trinajstić information content (AvgIpc) is 3.05. The fourth-order valence-electron chi connectivity index (χ4n) is 3.20. The number of aryl methyl sites for hydroxylation is 1. The molecule has 118 valence electrons. The quantitative estimate of drug-likeness (QED) is 0.944. The van der Waals surface area contributed by atoms with E-state index in [0.717, 1.165) is 31.2 Å². The van der Waals surface area contributed by atoms with Crippen LogP contribution in [0.5, 0.6) is 0 Å². The van der Waals surface area contributed by atoms with E-state index in [1.807, 2.05) is 13.0 Å². The third-order valence-electron chi connectivity index (χ3n) is 4.28. The number of nitrogens with one attached hydrogen (secondary N) is 1. The van der Waals surface area contributed by atoms with Gasteiger partial charge in [0, 0.05) is 13.3 Å². The highest BCUT2D eigenvalue weighted by molar-refractivity contribution is 5.93. The van der Waals surface area contributed by atoms with Crippen molar-refractivity contribution in [3.05, 3.63) is 35.5 Å². The van der Waals surface area contributed by atoms with Crippen molar-refractivity contribution in [2.24, 2.45) is 0 Å². The first-order valence-electron chi connectivity index (χ1n) is 7.50. The van der Waals surface area contributed by atoms with Crippen LogP contribution in [0, 0.1) is 12.9 Å². The number of methoxy groups -OCH3 is 1. The van der Waals surface area contributed by atoms with Crippen LogP contribution in [0.3, 0.4) is 0 Å². The van der Waals surface area contributed by atoms with Gasteiger partial charge in [0.25, 0.3) is 5.91 Å². The highest BCUT2D eigenvalue weighted by Gasteiger charge is 2.36. The molecule has 0 unspecified atom stereocenters. The summed E-state index contributed by atoms with van der Waals surface area (Å²) in [5.74, 6) is -1.10. The molecule has 1 aliphatic rings. The number of imidazole rings is 1. The molecule has 1 fully saturated rings. The number of rotatable bonds is 4. The molecule has 0 spiro atoms. The van der Waals surface area contributed by atoms with E-state index < -0.39 is 17.4 Å². The summed E-state index contributed by atoms with van der Waals surface area (Å²) >= 11 is 0. The van der Waals surface area contributed by atoms with E-state index in [-0.39, 0.29) is 5.69 Å². The number of carbonyl (C=O) groups excluding carboxylic acids is 1. The molecule has 5 nitrogen and oxygen atoms in total. The van der Waals surface area contributed by atoms with Gasteiger partial charge in [0.15, 0.2) is 5.69 Å². The second kappa shape index (κ2) is 5.68. The van der Waals surface area contributed by atoms with Crippen LogP contribution in [0.4, 0.5) is 4.39 Å². The summed E-state index contributed by atoms with van der Waals surface area (Å²) in [4.78, 5) is 16.6. The zero-order valence-electron chi connectivity index (χ0n) is 12.9. The van der Waals surface area contributed by atoms with Crippen LogP contribution >= 0.6 is 0 Å². The van der Waals surface area contributed by atoms with Crippen molar-refractivity contribution < 1.29 is 13.9 Å². The van der Waals surface area contributed by atoms with E-state index in [1.54, 1.807) is 19.4 Å². The number of ether oxygens (including phenoxy) is 1. The maximum atomic E-state index is 14.5. The molecule has 6 heteroatoms. The van der Waals surface area contributed by atoms with E-state index >= 15 is 0 Å². The highest BCUT2D eigenvalue weighted by Crippen LogP contribution is 2.30. The van der Waals surface area contributed by atoms with Crippen molar-refractivity contribution in [1.29, 1.82) is 0 Å². The summed E-state index contributed by atoms with van der Waals surface area (Å²) in [6.45, 7) is 2.30. The fourth-order valence-corrected chi connectivity index (χ4v) is 3.20. The number of fused-ring (bicyclic) bond motifs is 1. The highest BCUT2D eigenvalue weighted by atomic mass is 19.1. The number of halogens is 1. The summed E-state index contributed by atoms with van der Waals surface area (Å²) in [6.07, 6.45) is 5.41. The van der Waals surface area contributed by atoms with Crippen molar-refractivity contribution in [1.82, 2.24) is 14.7 Å². The number of nitrogens with zero attached hydrogens (tertiary/aromatic N) is 2. The predicted octanol–water partition coefficient (Wildman–Crippen LogP) is 2.47. The van der Waals surface area contributed by atoms with Crippen molar-refractivity contribution in [3.63, 3.8) is 0 Å². The van der Waals surface area contributed by atoms with Crippen molar-refractivity contribution in [2.75, 3.05) is 13.7 Å². The summed E-state index contributed by atoms with van der Waals surface area (Å²) in [5.41, 5.74) is 0.778. The smallest absolute Gasteiger partial charge is 0.275 e. The lowest BCUT2D eigenvalue weighted by Gasteiger charge is -2.29. The van der Waals surface area contributed by atoms with E-state index in [9.17, 15) is 9.18 Å². The molecular weight excluding hydrogens is 285 g/mol. The standard InChI is InChI=1S/C16H20FN3O2/c1-11-5-6-12-18-13(14(17)20(12)9-11)15(21)19-16(10-22-2)7-3-4-8-16/h5-6,9H,3-4,7-8,10H2,1-2H3,(H,19,21). The van der Waals surface area contributed by atoms with Gasteiger partial charge in [-0.1, -0.05) is 18.9 Å². The predicted molar refractivity (Wildman–Crippen MR) is 80.4 cm³/mol. The topological polar surface area (TPSA) is 55.6 Å². The van der Waals surface area contributed by atoms with Gasteiger partial charge in [-0.15, -0.1) is 0 Å². The van der Waals surface area contributed by atoms with Gasteiger partial charge in [-0.05, 0) is 31.4 Å². The normalized spacial score (nSPS) is 17.0. The lowest BCUT2D eigenvalue weighted by atomic mass is 9.98. The van der Waals surface area contributed by atoms with E-state index in [4.69, 9.17) is 4.74 Å². The van der Waals surface area contributed by atoms with Crippen LogP contribution in [0.1, 0.15) is 41.7 Å². The van der Waals surface area contributed by atoms with E-state index in [2.05, 4.69) is 10.3 Å². The molecule has 1 saturated carbocycles. The van der Waals surface area contributed by atoms with Crippen molar-refractivity contribution in [2.45, 2.75) is 38.1 Å². The van der Waals surface area contributed by atoms with Gasteiger partial charge in [0.05, 0.1) is 12.1 Å². The molecule has 0 bridgehead atoms. The molecule has 0 saturated heterocycles. The van der Waals surface area contributed by atoms with Crippen LogP contribution in [0.15, 0.2) is 18.3 Å². The van der Waals surface area contributed by atoms with Crippen LogP contribution in [0.25, 0.3) is 5.65 Å². The second-order valence-electron chi connectivity index (χ2n) is 6.06. The third-order valence-corrected chi connectivity index (χ3v) is 4.28. The van der Waals surface area contributed by atoms with Gasteiger partial charge in [-0.25, -0.2) is 4.98 Å². The second-order valence-corrected chi connectivity index (χ2v) is 6.06. The Morgan fingerprint density at radius 1 is 1.45 bits per heavy atom. The zero-order valence-corrected chi connectivity index (χ0v) is 12.9. The lowest BCUT2D eigenvalue weighted by Crippen LogP contribution is -2.50. The Labute approximate surface area is 128 Å². The maximum absolute atomic E-state index is 14.5. The number of hydrogen-bond acceptors (Lipinski definition) is 3. The van der Waals surface area contributed by atoms with Gasteiger partial charge in [-0.3, -0.25) is 9.20 Å². The Kier molecular flexibility index (Phi) is 3.87. The molecule has 2 aromatic heterocycles. The Hall–Kier alpha value is -1.95. The van der Waals surface area contributed by atoms with Gasteiger partial charge < -0.3 is 10.1 Å². The van der Waals surface area contributed by atoms with Crippen molar-refractivity contribution in [3.8, 4) is 0 Å². The lowest BCUT2D eigenvalue weighted by molar-refractivity contribution is 0.0759. The molecule has 0 atom stereocenters. The fraction of sp³-hybridized carbons (Fsp3) is 0.500. The van der Waals surface area contributed by atoms with Gasteiger partial charge in [0.2, 0.25) is 5.95 Å². The molecule has 0 radical (unpaired) electrons. The molecule has 1 aliphatic carbocycles. The minimum absolute atomic E-state index is 0.159. The first-order chi connectivity index (χ1) is 10.5. The maximum Gasteiger partial charge on any atom is 0.275 e. The number of carbonyl (C=O) groups is 1. The Balaban J connectivity index is 1.90. The molecule has 2 aromatic rings. The summed E-state index contributed by atoms with van der Waals surface area (Å²) in [5, 5.41) is 2.95. The molecule has 1 amide bonds. The first-order valence-corrected chi connectivity index (χ1v) is 7.50. The number of hydrogen-bond donors (Lipinski definition) is 1. The first kappa shape index (κ1) is 15.0. The van der Waals surface area contributed by atoms with Crippen LogP contribution in [-0.2, 0) is 4.74 Å². The molecule has 2 heterocycles. The summed E-state index contributed by atoms with van der Waals surface area (Å²) < 4.78 is 21.0. The summed E-state index contributed by atoms with van der Waals surface area (Å²) in [6, 6.07) is 3.54. The van der Waals surface area contributed by atoms with Gasteiger partial charge >= 0.3 is 0 Å². The van der Waals surface area contributed by atoms with Crippen LogP contribution < -0.4 is 5.32 Å². The third kappa shape index (κ3) is 2.59. The number of amides is 1. The Morgan fingerprint density at radius 3 is 2.86 bits per heavy atom. The molecule has 22 heavy (non-hydrogen) atoms. The van der Waals surface area contributed by atoms with Crippen molar-refractivity contribution >= 4 is 11.6 Å². The zero-order chi connectivity index (χ0) is 15.7. The minimum atomic E-state index is -0.623. The van der Waals surface area contributed by atoms with Crippen LogP contribution in [0.2, 0.25) is 0 Å².